The minimum Gasteiger partial charge on any atom is -0.478 e. The summed E-state index contributed by atoms with van der Waals surface area (Å²) < 4.78 is 0.828. The maximum absolute atomic E-state index is 11.9. The van der Waals surface area contributed by atoms with Crippen LogP contribution in [-0.2, 0) is 4.79 Å². The van der Waals surface area contributed by atoms with E-state index in [4.69, 9.17) is 11.6 Å². The highest BCUT2D eigenvalue weighted by atomic mass is 127. The van der Waals surface area contributed by atoms with Crippen LogP contribution in [-0.4, -0.2) is 29.4 Å². The van der Waals surface area contributed by atoms with Gasteiger partial charge in [-0.2, -0.15) is 0 Å². The number of carboxylic acids is 1. The Kier molecular flexibility index (Phi) is 4.11. The number of nitrogens with zero attached hydrogens (tertiary/aromatic N) is 1. The zero-order chi connectivity index (χ0) is 13.3. The van der Waals surface area contributed by atoms with E-state index in [9.17, 15) is 14.7 Å². The lowest BCUT2D eigenvalue weighted by atomic mass is 10.1. The highest BCUT2D eigenvalue weighted by molar-refractivity contribution is 14.1. The molecule has 1 aliphatic heterocycles. The van der Waals surface area contributed by atoms with Crippen LogP contribution in [0.25, 0.3) is 0 Å². The predicted octanol–water partition coefficient (Wildman–Crippen LogP) is 2.58. The van der Waals surface area contributed by atoms with Crippen molar-refractivity contribution in [2.24, 2.45) is 5.92 Å². The summed E-state index contributed by atoms with van der Waals surface area (Å²) >= 11 is 7.80. The van der Waals surface area contributed by atoms with Crippen molar-refractivity contribution in [1.29, 1.82) is 0 Å². The number of halogens is 2. The molecular formula is C12H11ClINO3. The Balaban J connectivity index is 2.39. The van der Waals surface area contributed by atoms with Gasteiger partial charge in [0.2, 0.25) is 5.91 Å². The Morgan fingerprint density at radius 1 is 1.56 bits per heavy atom. The molecule has 0 aliphatic carbocycles. The monoisotopic (exact) mass is 379 g/mol. The summed E-state index contributed by atoms with van der Waals surface area (Å²) in [5.74, 6) is -0.579. The van der Waals surface area contributed by atoms with Gasteiger partial charge in [-0.25, -0.2) is 4.79 Å². The molecule has 0 spiro atoms. The number of carbonyl (C=O) groups excluding carboxylic acids is 1. The first-order valence-corrected chi connectivity index (χ1v) is 7.03. The van der Waals surface area contributed by atoms with Gasteiger partial charge in [0.25, 0.3) is 0 Å². The molecule has 4 nitrogen and oxygen atoms in total. The van der Waals surface area contributed by atoms with Gasteiger partial charge >= 0.3 is 5.97 Å². The van der Waals surface area contributed by atoms with Crippen LogP contribution in [0.4, 0.5) is 5.69 Å². The Morgan fingerprint density at radius 2 is 2.28 bits per heavy atom. The molecule has 18 heavy (non-hydrogen) atoms. The van der Waals surface area contributed by atoms with Gasteiger partial charge in [-0.3, -0.25) is 4.79 Å². The van der Waals surface area contributed by atoms with Crippen LogP contribution in [0, 0.1) is 9.49 Å². The van der Waals surface area contributed by atoms with Crippen molar-refractivity contribution in [2.45, 2.75) is 6.42 Å². The Hall–Kier alpha value is -0.820. The maximum Gasteiger partial charge on any atom is 0.337 e. The average molecular weight is 380 g/mol. The number of hydrogen-bond acceptors (Lipinski definition) is 2. The average Bonchev–Trinajstić information content (AvgIpc) is 2.70. The van der Waals surface area contributed by atoms with Gasteiger partial charge in [-0.05, 0) is 46.7 Å². The number of benzene rings is 1. The van der Waals surface area contributed by atoms with Gasteiger partial charge < -0.3 is 10.0 Å². The molecule has 1 fully saturated rings. The quantitative estimate of drug-likeness (QED) is 0.649. The van der Waals surface area contributed by atoms with E-state index in [1.807, 2.05) is 22.6 Å². The summed E-state index contributed by atoms with van der Waals surface area (Å²) in [6, 6.07) is 5.04. The van der Waals surface area contributed by atoms with Crippen LogP contribution in [0.5, 0.6) is 0 Å². The summed E-state index contributed by atoms with van der Waals surface area (Å²) in [6.07, 6.45) is 0.383. The molecule has 1 aromatic carbocycles. The fraction of sp³-hybridized carbons (Fsp3) is 0.333. The summed E-state index contributed by atoms with van der Waals surface area (Å²) in [5.41, 5.74) is 0.617. The largest absolute Gasteiger partial charge is 0.478 e. The first-order chi connectivity index (χ1) is 8.52. The number of aromatic carboxylic acids is 1. The molecule has 0 saturated carbocycles. The molecule has 96 valence electrons. The van der Waals surface area contributed by atoms with Crippen LogP contribution in [0.1, 0.15) is 16.8 Å². The number of alkyl halides is 1. The Labute approximate surface area is 123 Å². The molecule has 1 aromatic rings. The fourth-order valence-corrected chi connectivity index (χ4v) is 2.73. The summed E-state index contributed by atoms with van der Waals surface area (Å²) in [5, 5.41) is 9.19. The number of rotatable bonds is 3. The van der Waals surface area contributed by atoms with Gasteiger partial charge in [-0.15, -0.1) is 11.6 Å². The number of anilines is 1. The van der Waals surface area contributed by atoms with E-state index in [0.29, 0.717) is 24.5 Å². The lowest BCUT2D eigenvalue weighted by Gasteiger charge is -2.18. The van der Waals surface area contributed by atoms with Crippen molar-refractivity contribution in [2.75, 3.05) is 17.3 Å². The highest BCUT2D eigenvalue weighted by Crippen LogP contribution is 2.29. The van der Waals surface area contributed by atoms with E-state index in [2.05, 4.69) is 0 Å². The van der Waals surface area contributed by atoms with Gasteiger partial charge in [0, 0.05) is 22.4 Å². The van der Waals surface area contributed by atoms with Crippen LogP contribution in [0.15, 0.2) is 18.2 Å². The first kappa shape index (κ1) is 13.6. The van der Waals surface area contributed by atoms with Gasteiger partial charge in [0.05, 0.1) is 11.3 Å². The van der Waals surface area contributed by atoms with Crippen molar-refractivity contribution in [3.63, 3.8) is 0 Å². The molecule has 1 atom stereocenters. The van der Waals surface area contributed by atoms with E-state index < -0.39 is 5.97 Å². The number of hydrogen-bond donors (Lipinski definition) is 1. The molecule has 1 aliphatic rings. The second-order valence-corrected chi connectivity index (χ2v) is 5.75. The molecule has 1 amide bonds. The van der Waals surface area contributed by atoms with Gasteiger partial charge in [-0.1, -0.05) is 0 Å². The van der Waals surface area contributed by atoms with Crippen LogP contribution in [0.3, 0.4) is 0 Å². The molecule has 1 saturated heterocycles. The zero-order valence-corrected chi connectivity index (χ0v) is 12.3. The van der Waals surface area contributed by atoms with Gasteiger partial charge in [0.1, 0.15) is 0 Å². The molecule has 2 rings (SSSR count). The number of carboxylic acid groups (broad SMARTS) is 1. The molecule has 0 radical (unpaired) electrons. The Bertz CT molecular complexity index is 506. The van der Waals surface area contributed by atoms with E-state index in [1.165, 1.54) is 4.90 Å². The molecule has 0 bridgehead atoms. The van der Waals surface area contributed by atoms with Crippen molar-refractivity contribution in [1.82, 2.24) is 0 Å². The van der Waals surface area contributed by atoms with Crippen LogP contribution in [0.2, 0.25) is 0 Å². The van der Waals surface area contributed by atoms with E-state index >= 15 is 0 Å². The van der Waals surface area contributed by atoms with Crippen molar-refractivity contribution < 1.29 is 14.7 Å². The van der Waals surface area contributed by atoms with E-state index in [0.717, 1.165) is 3.57 Å². The minimum atomic E-state index is -1.02. The normalized spacial score (nSPS) is 19.3. The lowest BCUT2D eigenvalue weighted by Crippen LogP contribution is -2.26. The summed E-state index contributed by atoms with van der Waals surface area (Å²) in [7, 11) is 0. The second kappa shape index (κ2) is 5.44. The SMILES string of the molecule is O=C(O)c1cc(I)ccc1N1CC(CCl)CC1=O. The topological polar surface area (TPSA) is 57.6 Å². The molecule has 1 unspecified atom stereocenters. The zero-order valence-electron chi connectivity index (χ0n) is 9.40. The second-order valence-electron chi connectivity index (χ2n) is 4.20. The molecule has 1 N–H and O–H groups in total. The van der Waals surface area contributed by atoms with E-state index in [-0.39, 0.29) is 17.4 Å². The van der Waals surface area contributed by atoms with E-state index in [1.54, 1.807) is 18.2 Å². The maximum atomic E-state index is 11.9. The standard InChI is InChI=1S/C12H11ClINO3/c13-5-7-3-11(16)15(6-7)10-2-1-8(14)4-9(10)12(17)18/h1-2,4,7H,3,5-6H2,(H,17,18). The van der Waals surface area contributed by atoms with Crippen molar-refractivity contribution >= 4 is 51.8 Å². The predicted molar refractivity (Wildman–Crippen MR) is 77.3 cm³/mol. The smallest absolute Gasteiger partial charge is 0.337 e. The first-order valence-electron chi connectivity index (χ1n) is 5.42. The van der Waals surface area contributed by atoms with Crippen LogP contribution < -0.4 is 4.90 Å². The Morgan fingerprint density at radius 3 is 2.83 bits per heavy atom. The third-order valence-electron chi connectivity index (χ3n) is 2.90. The third kappa shape index (κ3) is 2.61. The van der Waals surface area contributed by atoms with Crippen molar-refractivity contribution in [3.05, 3.63) is 27.3 Å². The third-order valence-corrected chi connectivity index (χ3v) is 4.01. The summed E-state index contributed by atoms with van der Waals surface area (Å²) in [6.45, 7) is 0.489. The minimum absolute atomic E-state index is 0.0654. The van der Waals surface area contributed by atoms with Gasteiger partial charge in [0.15, 0.2) is 0 Å². The molecule has 6 heteroatoms. The molecular weight excluding hydrogens is 368 g/mol. The lowest BCUT2D eigenvalue weighted by molar-refractivity contribution is -0.117. The highest BCUT2D eigenvalue weighted by Gasteiger charge is 2.32. The fourth-order valence-electron chi connectivity index (χ4n) is 2.03. The van der Waals surface area contributed by atoms with Crippen LogP contribution >= 0.6 is 34.2 Å². The summed E-state index contributed by atoms with van der Waals surface area (Å²) in [4.78, 5) is 24.6. The number of amides is 1. The molecule has 0 aromatic heterocycles. The van der Waals surface area contributed by atoms with Crippen molar-refractivity contribution in [3.8, 4) is 0 Å². The number of carbonyl (C=O) groups is 2. The molecule has 1 heterocycles.